The summed E-state index contributed by atoms with van der Waals surface area (Å²) in [4.78, 5) is 37.5. The highest BCUT2D eigenvalue weighted by molar-refractivity contribution is 7.98. The van der Waals surface area contributed by atoms with Crippen molar-refractivity contribution in [3.63, 3.8) is 0 Å². The summed E-state index contributed by atoms with van der Waals surface area (Å²) in [5.41, 5.74) is 2.04. The number of hydrogen-bond acceptors (Lipinski definition) is 6. The molecule has 0 radical (unpaired) electrons. The Hall–Kier alpha value is -3.10. The zero-order valence-electron chi connectivity index (χ0n) is 20.0. The van der Waals surface area contributed by atoms with Crippen LogP contribution in [0.25, 0.3) is 12.2 Å². The van der Waals surface area contributed by atoms with Crippen LogP contribution < -0.4 is 0 Å². The zero-order valence-corrected chi connectivity index (χ0v) is 21.7. The molecule has 6 nitrogen and oxygen atoms in total. The van der Waals surface area contributed by atoms with Gasteiger partial charge < -0.3 is 9.80 Å². The van der Waals surface area contributed by atoms with Crippen LogP contribution in [0.15, 0.2) is 83.2 Å². The molecule has 0 aromatic carbocycles. The molecule has 0 saturated carbocycles. The number of rotatable bonds is 8. The zero-order chi connectivity index (χ0) is 24.9. The van der Waals surface area contributed by atoms with Gasteiger partial charge in [-0.2, -0.15) is 0 Å². The van der Waals surface area contributed by atoms with Gasteiger partial charge in [-0.25, -0.2) is 9.97 Å². The van der Waals surface area contributed by atoms with Gasteiger partial charge in [0.25, 0.3) is 0 Å². The minimum atomic E-state index is -0.0419. The van der Waals surface area contributed by atoms with E-state index in [2.05, 4.69) is 9.97 Å². The molecule has 0 aliphatic carbocycles. The lowest BCUT2D eigenvalue weighted by molar-refractivity contribution is -0.128. The number of nitrogens with zero attached hydrogens (tertiary/aromatic N) is 4. The van der Waals surface area contributed by atoms with E-state index in [1.807, 2.05) is 61.1 Å². The van der Waals surface area contributed by atoms with Crippen molar-refractivity contribution in [3.8, 4) is 0 Å². The van der Waals surface area contributed by atoms with E-state index in [1.54, 1.807) is 70.0 Å². The van der Waals surface area contributed by atoms with E-state index in [9.17, 15) is 9.59 Å². The van der Waals surface area contributed by atoms with E-state index >= 15 is 0 Å². The number of pyridine rings is 2. The van der Waals surface area contributed by atoms with Crippen LogP contribution in [0.1, 0.15) is 17.5 Å². The average Bonchev–Trinajstić information content (AvgIpc) is 3.16. The first-order valence-electron chi connectivity index (χ1n) is 11.4. The third-order valence-corrected chi connectivity index (χ3v) is 6.81. The molecule has 3 heterocycles. The van der Waals surface area contributed by atoms with Gasteiger partial charge in [0.05, 0.1) is 0 Å². The summed E-state index contributed by atoms with van der Waals surface area (Å²) < 4.78 is 0. The third kappa shape index (κ3) is 8.26. The number of aromatic nitrogens is 2. The minimum absolute atomic E-state index is 0.0419. The molecule has 3 rings (SSSR count). The summed E-state index contributed by atoms with van der Waals surface area (Å²) in [7, 11) is 0. The van der Waals surface area contributed by atoms with Gasteiger partial charge in [-0.1, -0.05) is 48.6 Å². The van der Waals surface area contributed by atoms with E-state index in [0.29, 0.717) is 26.2 Å². The Bertz CT molecular complexity index is 1040. The molecular weight excluding hydrogens is 476 g/mol. The van der Waals surface area contributed by atoms with Crippen LogP contribution in [0, 0.1) is 0 Å². The molecule has 0 N–H and O–H groups in total. The number of carbonyl (C=O) groups is 2. The van der Waals surface area contributed by atoms with Gasteiger partial charge in [0.15, 0.2) is 0 Å². The summed E-state index contributed by atoms with van der Waals surface area (Å²) in [6.07, 6.45) is 22.5. The van der Waals surface area contributed by atoms with Gasteiger partial charge >= 0.3 is 0 Å². The number of thioether (sulfide) groups is 2. The maximum atomic E-state index is 12.6. The second kappa shape index (κ2) is 14.3. The van der Waals surface area contributed by atoms with Crippen molar-refractivity contribution in [2.24, 2.45) is 0 Å². The highest BCUT2D eigenvalue weighted by atomic mass is 32.2. The highest BCUT2D eigenvalue weighted by Gasteiger charge is 2.19. The van der Waals surface area contributed by atoms with Crippen molar-refractivity contribution in [1.82, 2.24) is 19.8 Å². The number of carbonyl (C=O) groups excluding carboxylic acids is 2. The third-order valence-electron chi connectivity index (χ3n) is 5.36. The molecular formula is C27H30N4O2S2. The SMILES string of the molecule is CSc1ncccc1/C=C/C=C/C(=O)N1CCCN(C(=O)/C=C/C=C/c2cccnc2SC)CC1. The Labute approximate surface area is 215 Å². The van der Waals surface area contributed by atoms with E-state index in [1.165, 1.54) is 0 Å². The molecule has 0 bridgehead atoms. The fraction of sp³-hybridized carbons (Fsp3) is 0.259. The van der Waals surface area contributed by atoms with Crippen LogP contribution in [0.3, 0.4) is 0 Å². The van der Waals surface area contributed by atoms with Crippen LogP contribution in [-0.4, -0.2) is 70.3 Å². The molecule has 8 heteroatoms. The van der Waals surface area contributed by atoms with Crippen LogP contribution >= 0.6 is 23.5 Å². The molecule has 35 heavy (non-hydrogen) atoms. The van der Waals surface area contributed by atoms with Crippen molar-refractivity contribution in [3.05, 3.63) is 84.2 Å². The van der Waals surface area contributed by atoms with Crippen LogP contribution in [0.4, 0.5) is 0 Å². The average molecular weight is 507 g/mol. The van der Waals surface area contributed by atoms with Crippen molar-refractivity contribution in [2.45, 2.75) is 16.5 Å². The Morgan fingerprint density at radius 2 is 1.20 bits per heavy atom. The van der Waals surface area contributed by atoms with E-state index in [-0.39, 0.29) is 11.8 Å². The predicted molar refractivity (Wildman–Crippen MR) is 146 cm³/mol. The Balaban J connectivity index is 1.49. The molecule has 2 aromatic heterocycles. The van der Waals surface area contributed by atoms with E-state index < -0.39 is 0 Å². The van der Waals surface area contributed by atoms with Crippen LogP contribution in [0.5, 0.6) is 0 Å². The van der Waals surface area contributed by atoms with Gasteiger partial charge in [-0.3, -0.25) is 9.59 Å². The molecule has 1 saturated heterocycles. The largest absolute Gasteiger partial charge is 0.337 e. The first-order valence-corrected chi connectivity index (χ1v) is 13.8. The van der Waals surface area contributed by atoms with Crippen molar-refractivity contribution in [1.29, 1.82) is 0 Å². The van der Waals surface area contributed by atoms with E-state index in [0.717, 1.165) is 27.6 Å². The lowest BCUT2D eigenvalue weighted by Crippen LogP contribution is -2.36. The topological polar surface area (TPSA) is 66.4 Å². The summed E-state index contributed by atoms with van der Waals surface area (Å²) in [6, 6.07) is 7.78. The fourth-order valence-corrected chi connectivity index (χ4v) is 4.64. The van der Waals surface area contributed by atoms with Crippen molar-refractivity contribution < 1.29 is 9.59 Å². The molecule has 1 aliphatic rings. The predicted octanol–water partition coefficient (Wildman–Crippen LogP) is 4.82. The molecule has 2 amide bonds. The Morgan fingerprint density at radius 1 is 0.743 bits per heavy atom. The number of allylic oxidation sites excluding steroid dienone is 4. The molecule has 1 fully saturated rings. The normalized spacial score (nSPS) is 15.0. The van der Waals surface area contributed by atoms with Gasteiger partial charge in [-0.15, -0.1) is 23.5 Å². The monoisotopic (exact) mass is 506 g/mol. The quantitative estimate of drug-likeness (QED) is 0.291. The summed E-state index contributed by atoms with van der Waals surface area (Å²) in [5.74, 6) is -0.0838. The number of hydrogen-bond donors (Lipinski definition) is 0. The summed E-state index contributed by atoms with van der Waals surface area (Å²) >= 11 is 3.18. The Kier molecular flexibility index (Phi) is 10.9. The number of amides is 2. The first-order chi connectivity index (χ1) is 17.1. The smallest absolute Gasteiger partial charge is 0.246 e. The van der Waals surface area contributed by atoms with Crippen molar-refractivity contribution in [2.75, 3.05) is 38.7 Å². The lowest BCUT2D eigenvalue weighted by atomic mass is 10.2. The molecule has 0 spiro atoms. The lowest BCUT2D eigenvalue weighted by Gasteiger charge is -2.20. The molecule has 2 aromatic rings. The standard InChI is InChI=1S/C27H30N4O2S2/c1-34-26-22(12-7-16-28-26)10-3-5-14-24(32)30-18-9-19-31(21-20-30)25(33)15-6-4-11-23-13-8-17-29-27(23)35-2/h3-8,10-17H,9,18-21H2,1-2H3/b10-3+,11-4+,14-5+,15-6+. The summed E-state index contributed by atoms with van der Waals surface area (Å²) in [6.45, 7) is 2.32. The van der Waals surface area contributed by atoms with Crippen molar-refractivity contribution >= 4 is 47.5 Å². The molecule has 0 unspecified atom stereocenters. The second-order valence-electron chi connectivity index (χ2n) is 7.64. The van der Waals surface area contributed by atoms with Gasteiger partial charge in [-0.05, 0) is 31.1 Å². The van der Waals surface area contributed by atoms with Crippen LogP contribution in [-0.2, 0) is 9.59 Å². The molecule has 182 valence electrons. The first kappa shape index (κ1) is 26.5. The second-order valence-corrected chi connectivity index (χ2v) is 9.23. The maximum absolute atomic E-state index is 12.6. The highest BCUT2D eigenvalue weighted by Crippen LogP contribution is 2.19. The molecule has 1 aliphatic heterocycles. The van der Waals surface area contributed by atoms with Gasteiger partial charge in [0.2, 0.25) is 11.8 Å². The minimum Gasteiger partial charge on any atom is -0.337 e. The summed E-state index contributed by atoms with van der Waals surface area (Å²) in [5, 5.41) is 1.90. The fourth-order valence-electron chi connectivity index (χ4n) is 3.56. The van der Waals surface area contributed by atoms with Gasteiger partial charge in [0.1, 0.15) is 10.1 Å². The van der Waals surface area contributed by atoms with Gasteiger partial charge in [0, 0.05) is 61.9 Å². The maximum Gasteiger partial charge on any atom is 0.246 e. The molecule has 0 atom stereocenters. The van der Waals surface area contributed by atoms with E-state index in [4.69, 9.17) is 0 Å². The Morgan fingerprint density at radius 3 is 1.63 bits per heavy atom. The van der Waals surface area contributed by atoms with Crippen LogP contribution in [0.2, 0.25) is 0 Å².